The largest absolute Gasteiger partial charge is 0.477 e. The summed E-state index contributed by atoms with van der Waals surface area (Å²) < 4.78 is 0. The van der Waals surface area contributed by atoms with Gasteiger partial charge in [0, 0.05) is 16.8 Å². The van der Waals surface area contributed by atoms with Crippen molar-refractivity contribution in [3.05, 3.63) is 15.8 Å². The molecular weight excluding hydrogens is 370 g/mol. The Morgan fingerprint density at radius 3 is 2.18 bits per heavy atom. The van der Waals surface area contributed by atoms with Crippen LogP contribution in [0.3, 0.4) is 0 Å². The van der Waals surface area contributed by atoms with E-state index in [1.54, 1.807) is 0 Å². The van der Waals surface area contributed by atoms with Gasteiger partial charge in [0.1, 0.15) is 4.88 Å². The molecule has 0 atom stereocenters. The van der Waals surface area contributed by atoms with Crippen LogP contribution in [-0.4, -0.2) is 23.0 Å². The van der Waals surface area contributed by atoms with Crippen molar-refractivity contribution >= 4 is 28.9 Å². The van der Waals surface area contributed by atoms with Crippen molar-refractivity contribution in [3.63, 3.8) is 0 Å². The lowest BCUT2D eigenvalue weighted by atomic mass is 9.81. The Morgan fingerprint density at radius 1 is 1.04 bits per heavy atom. The van der Waals surface area contributed by atoms with Gasteiger partial charge in [0.05, 0.1) is 5.69 Å². The fraction of sp³-hybridized carbons (Fsp3) is 0.739. The van der Waals surface area contributed by atoms with Crippen LogP contribution in [0.4, 0.5) is 5.69 Å². The van der Waals surface area contributed by atoms with Gasteiger partial charge < -0.3 is 10.0 Å². The van der Waals surface area contributed by atoms with Crippen LogP contribution in [0.2, 0.25) is 0 Å². The lowest BCUT2D eigenvalue weighted by Gasteiger charge is -2.38. The lowest BCUT2D eigenvalue weighted by molar-refractivity contribution is -0.124. The fourth-order valence-corrected chi connectivity index (χ4v) is 5.67. The van der Waals surface area contributed by atoms with E-state index in [0.717, 1.165) is 56.2 Å². The molecule has 3 rings (SSSR count). The average Bonchev–Trinajstić information content (AvgIpc) is 3.09. The summed E-state index contributed by atoms with van der Waals surface area (Å²) >= 11 is 1.34. The predicted molar refractivity (Wildman–Crippen MR) is 115 cm³/mol. The molecule has 0 bridgehead atoms. The Labute approximate surface area is 173 Å². The molecule has 1 amide bonds. The Hall–Kier alpha value is -1.36. The summed E-state index contributed by atoms with van der Waals surface area (Å²) in [6, 6.07) is 2.13. The van der Waals surface area contributed by atoms with Gasteiger partial charge in [0.15, 0.2) is 0 Å². The van der Waals surface area contributed by atoms with Crippen LogP contribution in [0.15, 0.2) is 6.07 Å². The van der Waals surface area contributed by atoms with Gasteiger partial charge in [-0.2, -0.15) is 0 Å². The van der Waals surface area contributed by atoms with Crippen LogP contribution in [-0.2, 0) is 10.2 Å². The number of carboxylic acid groups (broad SMARTS) is 1. The third-order valence-electron chi connectivity index (χ3n) is 6.45. The number of rotatable bonds is 4. The molecule has 1 aromatic heterocycles. The monoisotopic (exact) mass is 405 g/mol. The summed E-state index contributed by atoms with van der Waals surface area (Å²) in [4.78, 5) is 29.0. The van der Waals surface area contributed by atoms with Gasteiger partial charge in [-0.05, 0) is 55.9 Å². The number of amides is 1. The van der Waals surface area contributed by atoms with Crippen molar-refractivity contribution in [1.29, 1.82) is 0 Å². The van der Waals surface area contributed by atoms with Crippen LogP contribution in [0.25, 0.3) is 0 Å². The van der Waals surface area contributed by atoms with Crippen LogP contribution in [0.5, 0.6) is 0 Å². The maximum Gasteiger partial charge on any atom is 0.348 e. The number of aromatic carboxylic acids is 1. The van der Waals surface area contributed by atoms with E-state index in [2.05, 4.69) is 27.7 Å². The van der Waals surface area contributed by atoms with Crippen LogP contribution in [0.1, 0.15) is 100 Å². The number of thiophene rings is 1. The van der Waals surface area contributed by atoms with Gasteiger partial charge in [0.2, 0.25) is 5.91 Å². The van der Waals surface area contributed by atoms with Crippen molar-refractivity contribution in [2.75, 3.05) is 4.90 Å². The zero-order valence-corrected chi connectivity index (χ0v) is 18.6. The summed E-state index contributed by atoms with van der Waals surface area (Å²) in [7, 11) is 0. The van der Waals surface area contributed by atoms with Crippen molar-refractivity contribution < 1.29 is 14.7 Å². The Bertz CT molecular complexity index is 704. The van der Waals surface area contributed by atoms with Gasteiger partial charge in [0.25, 0.3) is 0 Å². The lowest BCUT2D eigenvalue weighted by Crippen LogP contribution is -2.46. The van der Waals surface area contributed by atoms with E-state index in [1.165, 1.54) is 17.8 Å². The average molecular weight is 406 g/mol. The molecule has 2 saturated carbocycles. The minimum atomic E-state index is -0.915. The van der Waals surface area contributed by atoms with E-state index >= 15 is 0 Å². The normalized spacial score (nSPS) is 24.1. The molecule has 5 heteroatoms. The van der Waals surface area contributed by atoms with Crippen molar-refractivity contribution in [2.45, 2.75) is 96.9 Å². The fourth-order valence-electron chi connectivity index (χ4n) is 4.62. The van der Waals surface area contributed by atoms with Crippen LogP contribution < -0.4 is 4.90 Å². The molecule has 2 fully saturated rings. The van der Waals surface area contributed by atoms with Gasteiger partial charge in [-0.15, -0.1) is 11.3 Å². The van der Waals surface area contributed by atoms with E-state index in [9.17, 15) is 14.7 Å². The Balaban J connectivity index is 2.00. The SMILES string of the molecule is CC(C)(C)c1cc(N(C(=O)[C@H]2CC[C@H](C)CC2)C2CCCCC2)c(C(=O)O)s1. The molecule has 0 aromatic carbocycles. The first kappa shape index (κ1) is 21.4. The minimum Gasteiger partial charge on any atom is -0.477 e. The van der Waals surface area contributed by atoms with E-state index in [0.29, 0.717) is 16.5 Å². The molecule has 4 nitrogen and oxygen atoms in total. The zero-order valence-electron chi connectivity index (χ0n) is 17.8. The van der Waals surface area contributed by atoms with Gasteiger partial charge in [-0.1, -0.05) is 47.0 Å². The highest BCUT2D eigenvalue weighted by Crippen LogP contribution is 2.41. The molecule has 156 valence electrons. The number of carboxylic acids is 1. The smallest absolute Gasteiger partial charge is 0.348 e. The third kappa shape index (κ3) is 4.61. The molecule has 2 aliphatic carbocycles. The number of hydrogen-bond acceptors (Lipinski definition) is 3. The zero-order chi connectivity index (χ0) is 20.5. The first-order valence-electron chi connectivity index (χ1n) is 10.9. The molecule has 1 heterocycles. The van der Waals surface area contributed by atoms with Crippen LogP contribution >= 0.6 is 11.3 Å². The summed E-state index contributed by atoms with van der Waals surface area (Å²) in [6.45, 7) is 8.56. The number of carbonyl (C=O) groups is 2. The first-order valence-corrected chi connectivity index (χ1v) is 11.7. The van der Waals surface area contributed by atoms with Gasteiger partial charge in [-0.25, -0.2) is 4.79 Å². The maximum absolute atomic E-state index is 13.7. The molecule has 0 unspecified atom stereocenters. The van der Waals surface area contributed by atoms with E-state index in [1.807, 2.05) is 11.0 Å². The third-order valence-corrected chi connectivity index (χ3v) is 7.99. The Kier molecular flexibility index (Phi) is 6.53. The standard InChI is InChI=1S/C23H35NO3S/c1-15-10-12-16(13-11-15)21(25)24(17-8-6-5-7-9-17)18-14-19(23(2,3)4)28-20(18)22(26)27/h14-17H,5-13H2,1-4H3,(H,26,27)/t15-,16-. The molecule has 2 aliphatic rings. The summed E-state index contributed by atoms with van der Waals surface area (Å²) in [5.74, 6) is -0.0194. The second-order valence-electron chi connectivity index (χ2n) is 9.84. The molecule has 0 saturated heterocycles. The molecule has 0 aliphatic heterocycles. The molecule has 1 N–H and O–H groups in total. The topological polar surface area (TPSA) is 57.6 Å². The summed E-state index contributed by atoms with van der Waals surface area (Å²) in [5, 5.41) is 9.89. The van der Waals surface area contributed by atoms with Crippen molar-refractivity contribution in [1.82, 2.24) is 0 Å². The number of nitrogens with zero attached hydrogens (tertiary/aromatic N) is 1. The van der Waals surface area contributed by atoms with Crippen LogP contribution in [0, 0.1) is 11.8 Å². The predicted octanol–water partition coefficient (Wildman–Crippen LogP) is 6.24. The number of carbonyl (C=O) groups excluding carboxylic acids is 1. The minimum absolute atomic E-state index is 0.0396. The maximum atomic E-state index is 13.7. The van der Waals surface area contributed by atoms with Gasteiger partial charge in [-0.3, -0.25) is 4.79 Å². The van der Waals surface area contributed by atoms with Gasteiger partial charge >= 0.3 is 5.97 Å². The molecule has 1 aromatic rings. The second kappa shape index (κ2) is 8.56. The highest BCUT2D eigenvalue weighted by molar-refractivity contribution is 7.14. The van der Waals surface area contributed by atoms with Crippen molar-refractivity contribution in [2.24, 2.45) is 11.8 Å². The molecule has 0 radical (unpaired) electrons. The Morgan fingerprint density at radius 2 is 1.64 bits per heavy atom. The molecule has 0 spiro atoms. The van der Waals surface area contributed by atoms with E-state index < -0.39 is 5.97 Å². The molecular formula is C23H35NO3S. The second-order valence-corrected chi connectivity index (χ2v) is 10.9. The highest BCUT2D eigenvalue weighted by Gasteiger charge is 2.37. The number of hydrogen-bond donors (Lipinski definition) is 1. The van der Waals surface area contributed by atoms with E-state index in [4.69, 9.17) is 0 Å². The quantitative estimate of drug-likeness (QED) is 0.645. The molecule has 28 heavy (non-hydrogen) atoms. The summed E-state index contributed by atoms with van der Waals surface area (Å²) in [5.41, 5.74) is 0.521. The van der Waals surface area contributed by atoms with Crippen molar-refractivity contribution in [3.8, 4) is 0 Å². The summed E-state index contributed by atoms with van der Waals surface area (Å²) in [6.07, 6.45) is 9.47. The first-order chi connectivity index (χ1) is 13.2. The van der Waals surface area contributed by atoms with E-state index in [-0.39, 0.29) is 23.3 Å². The highest BCUT2D eigenvalue weighted by atomic mass is 32.1. The number of anilines is 1.